The predicted molar refractivity (Wildman–Crippen MR) is 50.1 cm³/mol. The Balaban J connectivity index is 2.62. The lowest BCUT2D eigenvalue weighted by molar-refractivity contribution is 0.123. The van der Waals surface area contributed by atoms with Crippen LogP contribution in [-0.4, -0.2) is 35.1 Å². The first kappa shape index (κ1) is 10.7. The van der Waals surface area contributed by atoms with Crippen molar-refractivity contribution in [1.82, 2.24) is 0 Å². The van der Waals surface area contributed by atoms with E-state index in [4.69, 9.17) is 15.3 Å². The molecule has 76 valence electrons. The van der Waals surface area contributed by atoms with Crippen LogP contribution in [0.5, 0.6) is 0 Å². The maximum atomic E-state index is 9.15. The molecular formula is C10H18O3. The molecule has 0 spiro atoms. The summed E-state index contributed by atoms with van der Waals surface area (Å²) >= 11 is 0. The van der Waals surface area contributed by atoms with Gasteiger partial charge in [0.2, 0.25) is 0 Å². The zero-order valence-electron chi connectivity index (χ0n) is 7.82. The largest absolute Gasteiger partial charge is 0.396 e. The van der Waals surface area contributed by atoms with Crippen molar-refractivity contribution < 1.29 is 15.3 Å². The predicted octanol–water partition coefficient (Wildman–Crippen LogP) is 0.162. The average Bonchev–Trinajstić information content (AvgIpc) is 2.58. The Morgan fingerprint density at radius 3 is 2.31 bits per heavy atom. The summed E-state index contributed by atoms with van der Waals surface area (Å²) in [6.45, 7) is 3.97. The topological polar surface area (TPSA) is 60.7 Å². The summed E-state index contributed by atoms with van der Waals surface area (Å²) in [6, 6.07) is 0. The van der Waals surface area contributed by atoms with Crippen LogP contribution in [0.1, 0.15) is 12.8 Å². The SMILES string of the molecule is C=C(CO)[C@H]1CCC(CO)[C@H]1CO. The lowest BCUT2D eigenvalue weighted by atomic mass is 9.86. The molecule has 1 unspecified atom stereocenters. The average molecular weight is 186 g/mol. The smallest absolute Gasteiger partial charge is 0.0641 e. The van der Waals surface area contributed by atoms with E-state index in [0.29, 0.717) is 0 Å². The van der Waals surface area contributed by atoms with Gasteiger partial charge in [0.25, 0.3) is 0 Å². The van der Waals surface area contributed by atoms with E-state index in [1.165, 1.54) is 0 Å². The van der Waals surface area contributed by atoms with Gasteiger partial charge in [-0.05, 0) is 36.2 Å². The van der Waals surface area contributed by atoms with E-state index in [9.17, 15) is 0 Å². The quantitative estimate of drug-likeness (QED) is 0.548. The third kappa shape index (κ3) is 2.10. The van der Waals surface area contributed by atoms with E-state index in [1.807, 2.05) is 0 Å². The fourth-order valence-electron chi connectivity index (χ4n) is 2.28. The van der Waals surface area contributed by atoms with Gasteiger partial charge in [0.05, 0.1) is 6.61 Å². The molecule has 0 bridgehead atoms. The second-order valence-electron chi connectivity index (χ2n) is 3.79. The van der Waals surface area contributed by atoms with Crippen molar-refractivity contribution >= 4 is 0 Å². The van der Waals surface area contributed by atoms with Crippen molar-refractivity contribution in [3.05, 3.63) is 12.2 Å². The number of rotatable bonds is 4. The minimum absolute atomic E-state index is 0.0146. The normalized spacial score (nSPS) is 33.6. The van der Waals surface area contributed by atoms with Crippen LogP contribution in [-0.2, 0) is 0 Å². The van der Waals surface area contributed by atoms with Gasteiger partial charge in [0.15, 0.2) is 0 Å². The van der Waals surface area contributed by atoms with Crippen molar-refractivity contribution in [3.63, 3.8) is 0 Å². The lowest BCUT2D eigenvalue weighted by Crippen LogP contribution is -2.23. The van der Waals surface area contributed by atoms with E-state index in [2.05, 4.69) is 6.58 Å². The lowest BCUT2D eigenvalue weighted by Gasteiger charge is -2.22. The zero-order valence-corrected chi connectivity index (χ0v) is 7.82. The van der Waals surface area contributed by atoms with E-state index >= 15 is 0 Å². The Morgan fingerprint density at radius 2 is 1.85 bits per heavy atom. The molecule has 3 nitrogen and oxygen atoms in total. The van der Waals surface area contributed by atoms with Crippen LogP contribution < -0.4 is 0 Å². The molecule has 1 fully saturated rings. The summed E-state index contributed by atoms with van der Waals surface area (Å²) in [5, 5.41) is 27.1. The Morgan fingerprint density at radius 1 is 1.15 bits per heavy atom. The molecule has 0 aromatic rings. The van der Waals surface area contributed by atoms with Gasteiger partial charge in [0.1, 0.15) is 0 Å². The van der Waals surface area contributed by atoms with E-state index in [0.717, 1.165) is 18.4 Å². The molecule has 3 heteroatoms. The second-order valence-corrected chi connectivity index (χ2v) is 3.79. The molecule has 0 aliphatic heterocycles. The van der Waals surface area contributed by atoms with Crippen LogP contribution in [0.15, 0.2) is 12.2 Å². The van der Waals surface area contributed by atoms with Gasteiger partial charge in [-0.3, -0.25) is 0 Å². The molecule has 0 aromatic heterocycles. The summed E-state index contributed by atoms with van der Waals surface area (Å²) < 4.78 is 0. The highest BCUT2D eigenvalue weighted by molar-refractivity contribution is 5.06. The highest BCUT2D eigenvalue weighted by Gasteiger charge is 2.36. The first-order chi connectivity index (χ1) is 6.24. The number of aliphatic hydroxyl groups excluding tert-OH is 3. The van der Waals surface area contributed by atoms with Gasteiger partial charge in [-0.15, -0.1) is 0 Å². The highest BCUT2D eigenvalue weighted by Crippen LogP contribution is 2.39. The molecule has 1 aliphatic carbocycles. The van der Waals surface area contributed by atoms with Crippen molar-refractivity contribution in [1.29, 1.82) is 0 Å². The highest BCUT2D eigenvalue weighted by atomic mass is 16.3. The van der Waals surface area contributed by atoms with Crippen LogP contribution in [0, 0.1) is 17.8 Å². The standard InChI is InChI=1S/C10H18O3/c1-7(4-11)9-3-2-8(5-12)10(9)6-13/h8-13H,1-6H2/t8?,9-,10-/m1/s1. The second kappa shape index (κ2) is 4.74. The molecule has 1 saturated carbocycles. The first-order valence-corrected chi connectivity index (χ1v) is 4.74. The maximum Gasteiger partial charge on any atom is 0.0641 e. The van der Waals surface area contributed by atoms with Gasteiger partial charge >= 0.3 is 0 Å². The Labute approximate surface area is 78.7 Å². The maximum absolute atomic E-state index is 9.15. The number of hydrogen-bond donors (Lipinski definition) is 3. The molecule has 0 saturated heterocycles. The number of hydrogen-bond acceptors (Lipinski definition) is 3. The van der Waals surface area contributed by atoms with E-state index in [-0.39, 0.29) is 37.6 Å². The molecule has 0 amide bonds. The minimum Gasteiger partial charge on any atom is -0.396 e. The fraction of sp³-hybridized carbons (Fsp3) is 0.800. The molecule has 13 heavy (non-hydrogen) atoms. The minimum atomic E-state index is -0.0146. The van der Waals surface area contributed by atoms with Crippen LogP contribution in [0.2, 0.25) is 0 Å². The Kier molecular flexibility index (Phi) is 3.90. The summed E-state index contributed by atoms with van der Waals surface area (Å²) in [5.74, 6) is 0.454. The molecular weight excluding hydrogens is 168 g/mol. The summed E-state index contributed by atoms with van der Waals surface area (Å²) in [5.41, 5.74) is 0.787. The van der Waals surface area contributed by atoms with Crippen molar-refractivity contribution in [3.8, 4) is 0 Å². The Bertz CT molecular complexity index is 179. The van der Waals surface area contributed by atoms with Crippen molar-refractivity contribution in [2.24, 2.45) is 17.8 Å². The van der Waals surface area contributed by atoms with Gasteiger partial charge in [0, 0.05) is 13.2 Å². The summed E-state index contributed by atoms with van der Waals surface area (Å²) in [6.07, 6.45) is 1.85. The molecule has 1 rings (SSSR count). The third-order valence-corrected chi connectivity index (χ3v) is 3.14. The molecule has 0 aromatic carbocycles. The van der Waals surface area contributed by atoms with Crippen LogP contribution in [0.4, 0.5) is 0 Å². The molecule has 0 radical (unpaired) electrons. The van der Waals surface area contributed by atoms with Crippen LogP contribution in [0.3, 0.4) is 0 Å². The summed E-state index contributed by atoms with van der Waals surface area (Å²) in [7, 11) is 0. The first-order valence-electron chi connectivity index (χ1n) is 4.74. The molecule has 3 atom stereocenters. The number of aliphatic hydroxyl groups is 3. The third-order valence-electron chi connectivity index (χ3n) is 3.14. The summed E-state index contributed by atoms with van der Waals surface area (Å²) in [4.78, 5) is 0. The zero-order chi connectivity index (χ0) is 9.84. The molecule has 3 N–H and O–H groups in total. The van der Waals surface area contributed by atoms with Crippen LogP contribution >= 0.6 is 0 Å². The van der Waals surface area contributed by atoms with Crippen LogP contribution in [0.25, 0.3) is 0 Å². The van der Waals surface area contributed by atoms with Gasteiger partial charge in [-0.2, -0.15) is 0 Å². The molecule has 1 aliphatic rings. The monoisotopic (exact) mass is 186 g/mol. The van der Waals surface area contributed by atoms with Gasteiger partial charge < -0.3 is 15.3 Å². The van der Waals surface area contributed by atoms with Crippen molar-refractivity contribution in [2.75, 3.05) is 19.8 Å². The van der Waals surface area contributed by atoms with E-state index in [1.54, 1.807) is 0 Å². The van der Waals surface area contributed by atoms with Gasteiger partial charge in [-0.25, -0.2) is 0 Å². The molecule has 0 heterocycles. The fourth-order valence-corrected chi connectivity index (χ4v) is 2.28. The van der Waals surface area contributed by atoms with Crippen molar-refractivity contribution in [2.45, 2.75) is 12.8 Å². The van der Waals surface area contributed by atoms with E-state index < -0.39 is 0 Å². The van der Waals surface area contributed by atoms with Gasteiger partial charge in [-0.1, -0.05) is 6.58 Å². The Hall–Kier alpha value is -0.380.